The standard InChI is InChI=1S/C23H29ClN6O/c24-19-8-6-16(7-9-19)14-20(26-21(15-31)17-4-2-1-3-5-17)18-10-12-30(13-11-18)23-27-22(25)28-29-23/h1-9,18,20-21,26,31H,10-15H2,(H3,25,27,28,29)/t20?,21-/m1/s1. The van der Waals surface area contributed by atoms with Gasteiger partial charge in [0.25, 0.3) is 0 Å². The van der Waals surface area contributed by atoms with Crippen molar-refractivity contribution in [1.29, 1.82) is 0 Å². The Bertz CT molecular complexity index is 940. The van der Waals surface area contributed by atoms with E-state index in [0.29, 0.717) is 17.8 Å². The number of nitrogens with one attached hydrogen (secondary N) is 2. The molecule has 0 amide bonds. The molecule has 1 aromatic heterocycles. The number of rotatable bonds is 8. The second-order valence-electron chi connectivity index (χ2n) is 8.09. The molecule has 3 aromatic rings. The van der Waals surface area contributed by atoms with E-state index in [1.165, 1.54) is 5.56 Å². The van der Waals surface area contributed by atoms with Crippen LogP contribution in [0.15, 0.2) is 54.6 Å². The maximum atomic E-state index is 10.1. The van der Waals surface area contributed by atoms with Crippen molar-refractivity contribution >= 4 is 23.5 Å². The Morgan fingerprint density at radius 1 is 1.13 bits per heavy atom. The zero-order valence-corrected chi connectivity index (χ0v) is 18.2. The molecule has 0 aliphatic carbocycles. The molecule has 0 spiro atoms. The van der Waals surface area contributed by atoms with E-state index in [-0.39, 0.29) is 18.7 Å². The summed E-state index contributed by atoms with van der Waals surface area (Å²) in [6.07, 6.45) is 2.89. The number of H-pyrrole nitrogens is 1. The molecule has 1 aliphatic rings. The molecule has 0 bridgehead atoms. The van der Waals surface area contributed by atoms with Gasteiger partial charge in [-0.1, -0.05) is 54.1 Å². The molecule has 1 unspecified atom stereocenters. The summed E-state index contributed by atoms with van der Waals surface area (Å²) in [6.45, 7) is 1.79. The SMILES string of the molecule is Nc1nc(N2CCC(C(Cc3ccc(Cl)cc3)N[C@H](CO)c3ccccc3)CC2)n[nH]1. The number of hydrogen-bond acceptors (Lipinski definition) is 6. The van der Waals surface area contributed by atoms with Crippen molar-refractivity contribution in [2.24, 2.45) is 5.92 Å². The first-order valence-electron chi connectivity index (χ1n) is 10.7. The van der Waals surface area contributed by atoms with Crippen molar-refractivity contribution in [2.45, 2.75) is 31.3 Å². The van der Waals surface area contributed by atoms with Gasteiger partial charge in [-0.05, 0) is 48.4 Å². The van der Waals surface area contributed by atoms with Crippen LogP contribution in [0.1, 0.15) is 30.0 Å². The molecule has 1 aliphatic heterocycles. The number of aliphatic hydroxyl groups is 1. The molecule has 5 N–H and O–H groups in total. The molecule has 0 saturated carbocycles. The summed E-state index contributed by atoms with van der Waals surface area (Å²) in [7, 11) is 0. The van der Waals surface area contributed by atoms with E-state index < -0.39 is 0 Å². The molecule has 2 aromatic carbocycles. The summed E-state index contributed by atoms with van der Waals surface area (Å²) in [5.41, 5.74) is 8.01. The first-order chi connectivity index (χ1) is 15.1. The Hall–Kier alpha value is -2.61. The molecule has 0 radical (unpaired) electrons. The molecule has 4 rings (SSSR count). The second-order valence-corrected chi connectivity index (χ2v) is 8.53. The van der Waals surface area contributed by atoms with E-state index in [2.05, 4.69) is 49.7 Å². The van der Waals surface area contributed by atoms with Crippen LogP contribution >= 0.6 is 11.6 Å². The van der Waals surface area contributed by atoms with E-state index in [1.807, 2.05) is 30.3 Å². The van der Waals surface area contributed by atoms with Crippen molar-refractivity contribution < 1.29 is 5.11 Å². The van der Waals surface area contributed by atoms with Crippen LogP contribution in [0.5, 0.6) is 0 Å². The zero-order chi connectivity index (χ0) is 21.6. The molecule has 7 nitrogen and oxygen atoms in total. The highest BCUT2D eigenvalue weighted by atomic mass is 35.5. The van der Waals surface area contributed by atoms with Crippen molar-refractivity contribution in [2.75, 3.05) is 30.3 Å². The quantitative estimate of drug-likeness (QED) is 0.429. The van der Waals surface area contributed by atoms with Gasteiger partial charge in [0.2, 0.25) is 11.9 Å². The van der Waals surface area contributed by atoms with Crippen LogP contribution in [0.2, 0.25) is 5.02 Å². The highest BCUT2D eigenvalue weighted by Crippen LogP contribution is 2.27. The number of piperidine rings is 1. The van der Waals surface area contributed by atoms with Gasteiger partial charge in [0, 0.05) is 24.2 Å². The molecule has 31 heavy (non-hydrogen) atoms. The maximum Gasteiger partial charge on any atom is 0.246 e. The van der Waals surface area contributed by atoms with E-state index in [1.54, 1.807) is 0 Å². The van der Waals surface area contributed by atoms with Gasteiger partial charge in [-0.25, -0.2) is 5.10 Å². The average Bonchev–Trinajstić information content (AvgIpc) is 3.25. The fourth-order valence-electron chi connectivity index (χ4n) is 4.34. The van der Waals surface area contributed by atoms with E-state index in [4.69, 9.17) is 17.3 Å². The Morgan fingerprint density at radius 3 is 2.45 bits per heavy atom. The van der Waals surface area contributed by atoms with Crippen molar-refractivity contribution in [3.05, 3.63) is 70.7 Å². The summed E-state index contributed by atoms with van der Waals surface area (Å²) in [5, 5.41) is 21.5. The average molecular weight is 441 g/mol. The lowest BCUT2D eigenvalue weighted by molar-refractivity contribution is 0.203. The Labute approximate surface area is 187 Å². The van der Waals surface area contributed by atoms with Crippen LogP contribution in [0.3, 0.4) is 0 Å². The van der Waals surface area contributed by atoms with Gasteiger partial charge in [-0.3, -0.25) is 0 Å². The number of aromatic amines is 1. The third-order valence-electron chi connectivity index (χ3n) is 6.05. The van der Waals surface area contributed by atoms with E-state index in [0.717, 1.165) is 42.9 Å². The molecular formula is C23H29ClN6O. The topological polar surface area (TPSA) is 103 Å². The number of halogens is 1. The number of benzene rings is 2. The summed E-state index contributed by atoms with van der Waals surface area (Å²) in [5.74, 6) is 1.46. The van der Waals surface area contributed by atoms with Crippen molar-refractivity contribution in [1.82, 2.24) is 20.5 Å². The first-order valence-corrected chi connectivity index (χ1v) is 11.1. The van der Waals surface area contributed by atoms with Gasteiger partial charge >= 0.3 is 0 Å². The number of nitrogens with two attached hydrogens (primary N) is 1. The molecular weight excluding hydrogens is 412 g/mol. The fourth-order valence-corrected chi connectivity index (χ4v) is 4.47. The van der Waals surface area contributed by atoms with Crippen molar-refractivity contribution in [3.63, 3.8) is 0 Å². The predicted molar refractivity (Wildman–Crippen MR) is 124 cm³/mol. The summed E-state index contributed by atoms with van der Waals surface area (Å²) >= 11 is 6.08. The lowest BCUT2D eigenvalue weighted by Gasteiger charge is -2.37. The lowest BCUT2D eigenvalue weighted by atomic mass is 9.85. The van der Waals surface area contributed by atoms with Crippen LogP contribution in [-0.4, -0.2) is 46.0 Å². The number of hydrogen-bond donors (Lipinski definition) is 4. The first kappa shape index (κ1) is 21.6. The fraction of sp³-hybridized carbons (Fsp3) is 0.391. The van der Waals surface area contributed by atoms with Gasteiger partial charge < -0.3 is 21.1 Å². The van der Waals surface area contributed by atoms with Crippen LogP contribution in [0.25, 0.3) is 0 Å². The van der Waals surface area contributed by atoms with Gasteiger partial charge in [0.15, 0.2) is 0 Å². The summed E-state index contributed by atoms with van der Waals surface area (Å²) in [6, 6.07) is 18.3. The maximum absolute atomic E-state index is 10.1. The third kappa shape index (κ3) is 5.55. The summed E-state index contributed by atoms with van der Waals surface area (Å²) < 4.78 is 0. The number of aromatic nitrogens is 3. The smallest absolute Gasteiger partial charge is 0.246 e. The predicted octanol–water partition coefficient (Wildman–Crippen LogP) is 3.19. The molecule has 1 fully saturated rings. The van der Waals surface area contributed by atoms with Gasteiger partial charge in [-0.15, -0.1) is 5.10 Å². The second kappa shape index (κ2) is 10.1. The Morgan fingerprint density at radius 2 is 1.84 bits per heavy atom. The number of aliphatic hydroxyl groups excluding tert-OH is 1. The van der Waals surface area contributed by atoms with Gasteiger partial charge in [0.05, 0.1) is 12.6 Å². The minimum atomic E-state index is -0.107. The molecule has 164 valence electrons. The zero-order valence-electron chi connectivity index (χ0n) is 17.4. The van der Waals surface area contributed by atoms with E-state index >= 15 is 0 Å². The molecule has 2 heterocycles. The summed E-state index contributed by atoms with van der Waals surface area (Å²) in [4.78, 5) is 6.43. The van der Waals surface area contributed by atoms with Gasteiger partial charge in [0.1, 0.15) is 0 Å². The third-order valence-corrected chi connectivity index (χ3v) is 6.30. The highest BCUT2D eigenvalue weighted by molar-refractivity contribution is 6.30. The van der Waals surface area contributed by atoms with Gasteiger partial charge in [-0.2, -0.15) is 4.98 Å². The minimum Gasteiger partial charge on any atom is -0.394 e. The van der Waals surface area contributed by atoms with Crippen LogP contribution in [-0.2, 0) is 6.42 Å². The van der Waals surface area contributed by atoms with Crippen LogP contribution in [0, 0.1) is 5.92 Å². The largest absolute Gasteiger partial charge is 0.394 e. The molecule has 1 saturated heterocycles. The van der Waals surface area contributed by atoms with E-state index in [9.17, 15) is 5.11 Å². The Balaban J connectivity index is 1.48. The monoisotopic (exact) mass is 440 g/mol. The highest BCUT2D eigenvalue weighted by Gasteiger charge is 2.29. The minimum absolute atomic E-state index is 0.0520. The van der Waals surface area contributed by atoms with Crippen molar-refractivity contribution in [3.8, 4) is 0 Å². The molecule has 8 heteroatoms. The number of anilines is 2. The number of nitrogen functional groups attached to an aromatic ring is 1. The number of nitrogens with zero attached hydrogens (tertiary/aromatic N) is 3. The Kier molecular flexibility index (Phi) is 7.06. The molecule has 2 atom stereocenters. The lowest BCUT2D eigenvalue weighted by Crippen LogP contribution is -2.46. The normalized spacial score (nSPS) is 16.9. The van der Waals surface area contributed by atoms with Crippen LogP contribution < -0.4 is 16.0 Å². The van der Waals surface area contributed by atoms with Crippen LogP contribution in [0.4, 0.5) is 11.9 Å².